The highest BCUT2D eigenvalue weighted by molar-refractivity contribution is 5.81. The average molecular weight is 489 g/mol. The Kier molecular flexibility index (Phi) is 12.6. The molecule has 194 valence electrons. The molecule has 0 spiro atoms. The summed E-state index contributed by atoms with van der Waals surface area (Å²) in [6.07, 6.45) is 29.2. The summed E-state index contributed by atoms with van der Waals surface area (Å²) in [4.78, 5) is 0. The van der Waals surface area contributed by atoms with E-state index >= 15 is 0 Å². The van der Waals surface area contributed by atoms with E-state index < -0.39 is 0 Å². The molecule has 3 aromatic rings. The molecular weight excluding hydrogens is 438 g/mol. The molecule has 0 bridgehead atoms. The van der Waals surface area contributed by atoms with Gasteiger partial charge in [-0.15, -0.1) is 0 Å². The van der Waals surface area contributed by atoms with Gasteiger partial charge in [-0.1, -0.05) is 59.3 Å². The van der Waals surface area contributed by atoms with Crippen molar-refractivity contribution in [2.75, 3.05) is 0 Å². The van der Waals surface area contributed by atoms with Gasteiger partial charge < -0.3 is 0 Å². The van der Waals surface area contributed by atoms with Gasteiger partial charge in [0.25, 0.3) is 0 Å². The number of unbranched alkanes of at least 4 members (excludes halogenated alkanes) is 9. The van der Waals surface area contributed by atoms with Crippen LogP contribution in [0.5, 0.6) is 0 Å². The smallest absolute Gasteiger partial charge is 0.177 e. The normalized spacial score (nSPS) is 11.2. The van der Waals surface area contributed by atoms with Crippen molar-refractivity contribution in [1.29, 1.82) is 0 Å². The third kappa shape index (κ3) is 9.15. The highest BCUT2D eigenvalue weighted by Crippen LogP contribution is 2.30. The highest BCUT2D eigenvalue weighted by atomic mass is 14.9. The Hall–Kier alpha value is -2.55. The first kappa shape index (κ1) is 28.0. The Morgan fingerprint density at radius 1 is 0.417 bits per heavy atom. The quantitative estimate of drug-likeness (QED) is 0.137. The maximum absolute atomic E-state index is 2.39. The van der Waals surface area contributed by atoms with Gasteiger partial charge in [0.2, 0.25) is 0 Å². The molecule has 3 rings (SSSR count). The van der Waals surface area contributed by atoms with Crippen LogP contribution in [0.2, 0.25) is 0 Å². The van der Waals surface area contributed by atoms with Crippen molar-refractivity contribution in [3.05, 3.63) is 67.5 Å². The summed E-state index contributed by atoms with van der Waals surface area (Å²) < 4.78 is 7.06. The van der Waals surface area contributed by atoms with Gasteiger partial charge in [0.1, 0.15) is 19.6 Å². The molecule has 3 aromatic heterocycles. The molecule has 0 unspecified atom stereocenters. The first-order valence-electron chi connectivity index (χ1n) is 14.8. The Labute approximate surface area is 220 Å². The molecule has 0 saturated heterocycles. The largest absolute Gasteiger partial charge is 0.205 e. The van der Waals surface area contributed by atoms with Gasteiger partial charge >= 0.3 is 0 Å². The van der Waals surface area contributed by atoms with E-state index in [0.717, 1.165) is 19.6 Å². The summed E-state index contributed by atoms with van der Waals surface area (Å²) >= 11 is 0. The molecule has 3 heterocycles. The molecule has 0 aromatic carbocycles. The van der Waals surface area contributed by atoms with Crippen LogP contribution in [-0.4, -0.2) is 0 Å². The van der Waals surface area contributed by atoms with Gasteiger partial charge in [0.05, 0.1) is 5.56 Å². The summed E-state index contributed by atoms with van der Waals surface area (Å²) in [5.41, 5.74) is 5.24. The zero-order valence-corrected chi connectivity index (χ0v) is 23.3. The summed E-state index contributed by atoms with van der Waals surface area (Å²) in [5.74, 6) is 0. The number of nitrogens with zero attached hydrogens (tertiary/aromatic N) is 3. The molecular formula is C33H50N3+3. The fourth-order valence-corrected chi connectivity index (χ4v) is 4.89. The minimum atomic E-state index is 1.09. The Bertz CT molecular complexity index is 992. The number of hydrogen-bond donors (Lipinski definition) is 0. The molecule has 0 N–H and O–H groups in total. The molecule has 3 heteroatoms. The van der Waals surface area contributed by atoms with Crippen LogP contribution in [0.1, 0.15) is 97.8 Å². The topological polar surface area (TPSA) is 11.6 Å². The van der Waals surface area contributed by atoms with Crippen LogP contribution < -0.4 is 13.7 Å². The van der Waals surface area contributed by atoms with E-state index in [2.05, 4.69) is 102 Å². The van der Waals surface area contributed by atoms with Crippen LogP contribution in [0.3, 0.4) is 0 Å². The van der Waals surface area contributed by atoms with E-state index in [4.69, 9.17) is 0 Å². The van der Waals surface area contributed by atoms with Gasteiger partial charge in [0.15, 0.2) is 37.2 Å². The number of hydrogen-bond acceptors (Lipinski definition) is 0. The Morgan fingerprint density at radius 2 is 0.806 bits per heavy atom. The minimum Gasteiger partial charge on any atom is -0.205 e. The predicted molar refractivity (Wildman–Crippen MR) is 150 cm³/mol. The third-order valence-electron chi connectivity index (χ3n) is 7.23. The van der Waals surface area contributed by atoms with Crippen molar-refractivity contribution >= 4 is 0 Å². The fourth-order valence-electron chi connectivity index (χ4n) is 4.89. The number of aromatic nitrogens is 3. The van der Waals surface area contributed by atoms with Crippen LogP contribution in [0.4, 0.5) is 0 Å². The second-order valence-corrected chi connectivity index (χ2v) is 10.3. The molecule has 0 amide bonds. The second-order valence-electron chi connectivity index (χ2n) is 10.3. The van der Waals surface area contributed by atoms with Gasteiger partial charge in [0, 0.05) is 60.7 Å². The predicted octanol–water partition coefficient (Wildman–Crippen LogP) is 7.62. The fraction of sp³-hybridized carbons (Fsp3) is 0.545. The van der Waals surface area contributed by atoms with Crippen molar-refractivity contribution in [3.8, 4) is 22.3 Å². The SMILES string of the molecule is CCCCCC[n+]1ccc(-c2cc[n+](CCCCCC)cc2-c2cc[n+](CCCCCC)cc2)cc1. The van der Waals surface area contributed by atoms with Crippen molar-refractivity contribution < 1.29 is 13.7 Å². The lowest BCUT2D eigenvalue weighted by Gasteiger charge is -2.09. The zero-order valence-electron chi connectivity index (χ0n) is 23.3. The molecule has 0 aliphatic rings. The van der Waals surface area contributed by atoms with Crippen molar-refractivity contribution in [2.24, 2.45) is 0 Å². The maximum atomic E-state index is 2.39. The molecule has 0 aliphatic heterocycles. The molecule has 0 atom stereocenters. The number of pyridine rings is 3. The average Bonchev–Trinajstić information content (AvgIpc) is 2.92. The van der Waals surface area contributed by atoms with Gasteiger partial charge in [-0.25, -0.2) is 13.7 Å². The Morgan fingerprint density at radius 3 is 1.25 bits per heavy atom. The van der Waals surface area contributed by atoms with Crippen molar-refractivity contribution in [1.82, 2.24) is 0 Å². The minimum absolute atomic E-state index is 1.09. The van der Waals surface area contributed by atoms with E-state index in [-0.39, 0.29) is 0 Å². The van der Waals surface area contributed by atoms with E-state index in [0.29, 0.717) is 0 Å². The molecule has 0 radical (unpaired) electrons. The number of aryl methyl sites for hydroxylation is 3. The zero-order chi connectivity index (χ0) is 25.4. The van der Waals surface area contributed by atoms with Crippen LogP contribution in [0.25, 0.3) is 22.3 Å². The van der Waals surface area contributed by atoms with E-state index in [1.807, 2.05) is 0 Å². The van der Waals surface area contributed by atoms with E-state index in [1.54, 1.807) is 0 Å². The van der Waals surface area contributed by atoms with Crippen LogP contribution in [0.15, 0.2) is 67.5 Å². The van der Waals surface area contributed by atoms with E-state index in [9.17, 15) is 0 Å². The monoisotopic (exact) mass is 488 g/mol. The number of rotatable bonds is 17. The lowest BCUT2D eigenvalue weighted by molar-refractivity contribution is -0.697. The lowest BCUT2D eigenvalue weighted by Crippen LogP contribution is -2.34. The van der Waals surface area contributed by atoms with Gasteiger partial charge in [-0.05, 0) is 24.8 Å². The van der Waals surface area contributed by atoms with Crippen LogP contribution >= 0.6 is 0 Å². The first-order valence-corrected chi connectivity index (χ1v) is 14.8. The molecule has 0 aliphatic carbocycles. The second kappa shape index (κ2) is 16.2. The van der Waals surface area contributed by atoms with Crippen molar-refractivity contribution in [2.45, 2.75) is 117 Å². The third-order valence-corrected chi connectivity index (χ3v) is 7.23. The Balaban J connectivity index is 1.80. The lowest BCUT2D eigenvalue weighted by atomic mass is 9.97. The summed E-state index contributed by atoms with van der Waals surface area (Å²) in [5, 5.41) is 0. The molecule has 3 nitrogen and oxygen atoms in total. The standard InChI is InChI=1S/C33H50N3/c1-4-7-10-13-21-34-24-16-30(17-25-34)32-20-28-36(23-15-12-9-6-3)29-33(32)31-18-26-35(27-19-31)22-14-11-8-5-2/h16-20,24-29H,4-15,21-23H2,1-3H3/q+3. The van der Waals surface area contributed by atoms with Crippen LogP contribution in [0, 0.1) is 0 Å². The first-order chi connectivity index (χ1) is 17.7. The molecule has 0 saturated carbocycles. The summed E-state index contributed by atoms with van der Waals surface area (Å²) in [6.45, 7) is 10.1. The van der Waals surface area contributed by atoms with Crippen molar-refractivity contribution in [3.63, 3.8) is 0 Å². The van der Waals surface area contributed by atoms with Crippen LogP contribution in [-0.2, 0) is 19.6 Å². The van der Waals surface area contributed by atoms with Gasteiger partial charge in [-0.3, -0.25) is 0 Å². The van der Waals surface area contributed by atoms with E-state index in [1.165, 1.54) is 99.3 Å². The molecule has 0 fully saturated rings. The highest BCUT2D eigenvalue weighted by Gasteiger charge is 2.16. The summed E-state index contributed by atoms with van der Waals surface area (Å²) in [6, 6.07) is 11.5. The maximum Gasteiger partial charge on any atom is 0.177 e. The molecule has 36 heavy (non-hydrogen) atoms. The summed E-state index contributed by atoms with van der Waals surface area (Å²) in [7, 11) is 0. The van der Waals surface area contributed by atoms with Gasteiger partial charge in [-0.2, -0.15) is 0 Å².